The van der Waals surface area contributed by atoms with Gasteiger partial charge in [-0.3, -0.25) is 9.20 Å². The van der Waals surface area contributed by atoms with Crippen molar-refractivity contribution in [3.63, 3.8) is 0 Å². The summed E-state index contributed by atoms with van der Waals surface area (Å²) in [7, 11) is -1.45. The third-order valence-corrected chi connectivity index (χ3v) is 6.31. The maximum atomic E-state index is 13.0. The Morgan fingerprint density at radius 3 is 2.39 bits per heavy atom. The van der Waals surface area contributed by atoms with Crippen molar-refractivity contribution in [2.75, 3.05) is 26.5 Å². The normalized spacial score (nSPS) is 12.1. The number of benzene rings is 1. The van der Waals surface area contributed by atoms with Crippen LogP contribution in [-0.4, -0.2) is 60.3 Å². The first-order valence-corrected chi connectivity index (χ1v) is 11.3. The van der Waals surface area contributed by atoms with E-state index in [4.69, 9.17) is 9.47 Å². The molecular formula is C20H21F3N4O5S. The molecule has 0 aliphatic carbocycles. The molecule has 0 aliphatic rings. The van der Waals surface area contributed by atoms with Gasteiger partial charge >= 0.3 is 6.18 Å². The van der Waals surface area contributed by atoms with Crippen molar-refractivity contribution in [1.29, 1.82) is 0 Å². The zero-order chi connectivity index (χ0) is 24.4. The zero-order valence-electron chi connectivity index (χ0n) is 18.0. The molecular weight excluding hydrogens is 465 g/mol. The van der Waals surface area contributed by atoms with Crippen LogP contribution in [-0.2, 0) is 27.4 Å². The predicted octanol–water partition coefficient (Wildman–Crippen LogP) is 2.59. The Morgan fingerprint density at radius 2 is 1.79 bits per heavy atom. The van der Waals surface area contributed by atoms with Crippen molar-refractivity contribution in [3.05, 3.63) is 47.7 Å². The Bertz CT molecular complexity index is 1270. The number of rotatable bonds is 8. The van der Waals surface area contributed by atoms with Gasteiger partial charge in [-0.1, -0.05) is 6.07 Å². The number of fused-ring (bicyclic) bond motifs is 1. The van der Waals surface area contributed by atoms with Crippen molar-refractivity contribution >= 4 is 21.4 Å². The summed E-state index contributed by atoms with van der Waals surface area (Å²) in [6.45, 7) is 1.96. The van der Waals surface area contributed by atoms with E-state index in [2.05, 4.69) is 10.2 Å². The van der Waals surface area contributed by atoms with Crippen molar-refractivity contribution < 1.29 is 35.9 Å². The number of pyridine rings is 1. The van der Waals surface area contributed by atoms with E-state index >= 15 is 0 Å². The van der Waals surface area contributed by atoms with E-state index < -0.39 is 38.4 Å². The lowest BCUT2D eigenvalue weighted by Crippen LogP contribution is -2.35. The first-order chi connectivity index (χ1) is 15.5. The third-order valence-electron chi connectivity index (χ3n) is 4.85. The third kappa shape index (κ3) is 5.18. The maximum Gasteiger partial charge on any atom is 0.417 e. The molecule has 178 valence electrons. The number of carbonyl (C=O) groups is 1. The van der Waals surface area contributed by atoms with Crippen LogP contribution in [0.25, 0.3) is 5.65 Å². The van der Waals surface area contributed by atoms with Gasteiger partial charge in [0.25, 0.3) is 5.16 Å². The molecule has 0 aliphatic heterocycles. The average molecular weight is 486 g/mol. The van der Waals surface area contributed by atoms with E-state index in [-0.39, 0.29) is 18.7 Å². The second-order valence-electron chi connectivity index (χ2n) is 6.98. The number of nitrogens with zero attached hydrogens (tertiary/aromatic N) is 4. The largest absolute Gasteiger partial charge is 0.493 e. The van der Waals surface area contributed by atoms with Crippen LogP contribution in [0.15, 0.2) is 41.7 Å². The number of sulfone groups is 1. The minimum Gasteiger partial charge on any atom is -0.493 e. The second kappa shape index (κ2) is 9.25. The van der Waals surface area contributed by atoms with Gasteiger partial charge in [-0.15, -0.1) is 10.2 Å². The monoisotopic (exact) mass is 486 g/mol. The van der Waals surface area contributed by atoms with Crippen LogP contribution in [0.2, 0.25) is 0 Å². The molecule has 0 spiro atoms. The number of carbonyl (C=O) groups excluding carboxylic acids is 1. The molecule has 9 nitrogen and oxygen atoms in total. The van der Waals surface area contributed by atoms with Crippen LogP contribution in [0, 0.1) is 0 Å². The van der Waals surface area contributed by atoms with Gasteiger partial charge in [0.1, 0.15) is 5.75 Å². The van der Waals surface area contributed by atoms with Gasteiger partial charge in [-0.2, -0.15) is 13.2 Å². The summed E-state index contributed by atoms with van der Waals surface area (Å²) in [6.07, 6.45) is -4.10. The maximum absolute atomic E-state index is 13.0. The molecule has 0 N–H and O–H groups in total. The van der Waals surface area contributed by atoms with Gasteiger partial charge in [0.2, 0.25) is 15.7 Å². The number of hydrogen-bond acceptors (Lipinski definition) is 7. The number of amides is 1. The van der Waals surface area contributed by atoms with E-state index in [0.29, 0.717) is 23.3 Å². The van der Waals surface area contributed by atoms with E-state index in [9.17, 15) is 26.4 Å². The van der Waals surface area contributed by atoms with Crippen LogP contribution in [0.5, 0.6) is 11.5 Å². The lowest BCUT2D eigenvalue weighted by atomic mass is 10.2. The SMILES string of the molecule is CCN(Cc1ccc(OC)c(OC)c1)C(=O)CS(=O)(=O)c1nnc2ccc(C(F)(F)F)cn12. The number of halogens is 3. The van der Waals surface area contributed by atoms with Gasteiger partial charge < -0.3 is 14.4 Å². The van der Waals surface area contributed by atoms with E-state index in [1.807, 2.05) is 0 Å². The summed E-state index contributed by atoms with van der Waals surface area (Å²) in [5.74, 6) is -0.779. The van der Waals surface area contributed by atoms with Gasteiger partial charge in [0, 0.05) is 19.3 Å². The van der Waals surface area contributed by atoms with E-state index in [1.54, 1.807) is 25.1 Å². The Kier molecular flexibility index (Phi) is 6.81. The molecule has 1 amide bonds. The van der Waals surface area contributed by atoms with Crippen LogP contribution in [0.3, 0.4) is 0 Å². The van der Waals surface area contributed by atoms with E-state index in [1.165, 1.54) is 19.1 Å². The van der Waals surface area contributed by atoms with Gasteiger partial charge in [0.15, 0.2) is 17.1 Å². The van der Waals surface area contributed by atoms with Crippen molar-refractivity contribution in [2.45, 2.75) is 24.8 Å². The molecule has 0 saturated carbocycles. The van der Waals surface area contributed by atoms with Crippen LogP contribution >= 0.6 is 0 Å². The molecule has 1 aromatic carbocycles. The predicted molar refractivity (Wildman–Crippen MR) is 111 cm³/mol. The summed E-state index contributed by atoms with van der Waals surface area (Å²) in [5.41, 5.74) is -0.490. The molecule has 0 bridgehead atoms. The highest BCUT2D eigenvalue weighted by Gasteiger charge is 2.33. The molecule has 3 aromatic rings. The zero-order valence-corrected chi connectivity index (χ0v) is 18.8. The minimum atomic E-state index is -4.69. The van der Waals surface area contributed by atoms with Crippen molar-refractivity contribution in [1.82, 2.24) is 19.5 Å². The standard InChI is InChI=1S/C20H21F3N4O5S/c1-4-26(10-13-5-7-15(31-2)16(9-13)32-3)18(28)12-33(29,30)19-25-24-17-8-6-14(11-27(17)19)20(21,22)23/h5-9,11H,4,10,12H2,1-3H3. The molecule has 13 heteroatoms. The van der Waals surface area contributed by atoms with Crippen molar-refractivity contribution in [3.8, 4) is 11.5 Å². The Morgan fingerprint density at radius 1 is 1.09 bits per heavy atom. The fourth-order valence-electron chi connectivity index (χ4n) is 3.14. The molecule has 2 heterocycles. The lowest BCUT2D eigenvalue weighted by Gasteiger charge is -2.21. The first kappa shape index (κ1) is 24.3. The number of ether oxygens (including phenoxy) is 2. The Labute approximate surface area is 187 Å². The topological polar surface area (TPSA) is 103 Å². The summed E-state index contributed by atoms with van der Waals surface area (Å²) in [5, 5.41) is 6.37. The summed E-state index contributed by atoms with van der Waals surface area (Å²) in [6, 6.07) is 6.80. The number of alkyl halides is 3. The molecule has 0 atom stereocenters. The summed E-state index contributed by atoms with van der Waals surface area (Å²) < 4.78 is 75.9. The molecule has 2 aromatic heterocycles. The fourth-order valence-corrected chi connectivity index (χ4v) is 4.39. The van der Waals surface area contributed by atoms with Crippen LogP contribution < -0.4 is 9.47 Å². The Hall–Kier alpha value is -3.35. The summed E-state index contributed by atoms with van der Waals surface area (Å²) >= 11 is 0. The molecule has 0 unspecified atom stereocenters. The highest BCUT2D eigenvalue weighted by molar-refractivity contribution is 7.91. The molecule has 3 rings (SSSR count). The van der Waals surface area contributed by atoms with Crippen LogP contribution in [0.4, 0.5) is 13.2 Å². The number of aromatic nitrogens is 3. The molecule has 0 fully saturated rings. The van der Waals surface area contributed by atoms with Gasteiger partial charge in [-0.05, 0) is 36.8 Å². The second-order valence-corrected chi connectivity index (χ2v) is 8.87. The highest BCUT2D eigenvalue weighted by Crippen LogP contribution is 2.30. The molecule has 33 heavy (non-hydrogen) atoms. The average Bonchev–Trinajstić information content (AvgIpc) is 3.20. The smallest absolute Gasteiger partial charge is 0.417 e. The number of methoxy groups -OCH3 is 2. The van der Waals surface area contributed by atoms with Gasteiger partial charge in [-0.25, -0.2) is 8.42 Å². The fraction of sp³-hybridized carbons (Fsp3) is 0.350. The quantitative estimate of drug-likeness (QED) is 0.482. The number of hydrogen-bond donors (Lipinski definition) is 0. The Balaban J connectivity index is 1.85. The minimum absolute atomic E-state index is 0.0873. The van der Waals surface area contributed by atoms with Gasteiger partial charge in [0.05, 0.1) is 19.8 Å². The molecule has 0 radical (unpaired) electrons. The van der Waals surface area contributed by atoms with Crippen LogP contribution in [0.1, 0.15) is 18.1 Å². The summed E-state index contributed by atoms with van der Waals surface area (Å²) in [4.78, 5) is 14.1. The lowest BCUT2D eigenvalue weighted by molar-refractivity contribution is -0.138. The van der Waals surface area contributed by atoms with Crippen molar-refractivity contribution in [2.24, 2.45) is 0 Å². The molecule has 0 saturated heterocycles. The van der Waals surface area contributed by atoms with E-state index in [0.717, 1.165) is 16.5 Å². The highest BCUT2D eigenvalue weighted by atomic mass is 32.2. The first-order valence-electron chi connectivity index (χ1n) is 9.63.